The molecule has 1 amide bonds. The second-order valence-corrected chi connectivity index (χ2v) is 5.74. The summed E-state index contributed by atoms with van der Waals surface area (Å²) in [6.45, 7) is 2.11. The topological polar surface area (TPSA) is 74.8 Å². The fraction of sp³-hybridized carbons (Fsp3) is 0.300. The predicted molar refractivity (Wildman–Crippen MR) is 120 cm³/mol. The van der Waals surface area contributed by atoms with Gasteiger partial charge in [0.25, 0.3) is 0 Å². The number of hydrogen-bond donors (Lipinski definition) is 3. The second-order valence-electron chi connectivity index (χ2n) is 5.74. The van der Waals surface area contributed by atoms with E-state index in [2.05, 4.69) is 20.9 Å². The van der Waals surface area contributed by atoms with Crippen LogP contribution in [0.15, 0.2) is 59.6 Å². The lowest BCUT2D eigenvalue weighted by molar-refractivity contribution is -0.120. The molecule has 0 heterocycles. The average Bonchev–Trinajstić information content (AvgIpc) is 2.69. The normalized spacial score (nSPS) is 10.6. The maximum atomic E-state index is 12.8. The van der Waals surface area contributed by atoms with Gasteiger partial charge in [0.15, 0.2) is 5.96 Å². The van der Waals surface area contributed by atoms with Gasteiger partial charge in [-0.25, -0.2) is 4.39 Å². The fourth-order valence-corrected chi connectivity index (χ4v) is 2.31. The van der Waals surface area contributed by atoms with Crippen molar-refractivity contribution >= 4 is 35.8 Å². The summed E-state index contributed by atoms with van der Waals surface area (Å²) in [6.07, 6.45) is 0.226. The van der Waals surface area contributed by atoms with Crippen molar-refractivity contribution in [2.24, 2.45) is 4.99 Å². The van der Waals surface area contributed by atoms with Crippen LogP contribution in [0, 0.1) is 5.82 Å². The van der Waals surface area contributed by atoms with Gasteiger partial charge in [0.2, 0.25) is 5.91 Å². The molecule has 0 bridgehead atoms. The second kappa shape index (κ2) is 13.8. The Morgan fingerprint density at radius 3 is 2.29 bits per heavy atom. The van der Waals surface area contributed by atoms with Gasteiger partial charge in [-0.05, 0) is 29.8 Å². The number of halogens is 2. The smallest absolute Gasteiger partial charge is 0.224 e. The maximum absolute atomic E-state index is 12.8. The molecular formula is C20H26FIN4O2. The number of aliphatic imine (C=N–C) groups is 1. The summed E-state index contributed by atoms with van der Waals surface area (Å²) >= 11 is 0. The highest BCUT2D eigenvalue weighted by atomic mass is 127. The van der Waals surface area contributed by atoms with Crippen LogP contribution in [0.3, 0.4) is 0 Å². The van der Waals surface area contributed by atoms with Gasteiger partial charge in [-0.15, -0.1) is 24.0 Å². The Kier molecular flexibility index (Phi) is 11.6. The lowest BCUT2D eigenvalue weighted by atomic mass is 10.1. The van der Waals surface area contributed by atoms with Crippen molar-refractivity contribution in [2.45, 2.75) is 6.42 Å². The summed E-state index contributed by atoms with van der Waals surface area (Å²) in [7, 11) is 1.68. The Morgan fingerprint density at radius 1 is 0.964 bits per heavy atom. The van der Waals surface area contributed by atoms with E-state index in [1.165, 1.54) is 12.1 Å². The summed E-state index contributed by atoms with van der Waals surface area (Å²) < 4.78 is 18.4. The molecule has 0 atom stereocenters. The zero-order chi connectivity index (χ0) is 19.3. The Hall–Kier alpha value is -2.36. The first-order valence-corrected chi connectivity index (χ1v) is 8.81. The minimum absolute atomic E-state index is 0. The molecule has 152 valence electrons. The van der Waals surface area contributed by atoms with Crippen molar-refractivity contribution in [3.63, 3.8) is 0 Å². The van der Waals surface area contributed by atoms with Gasteiger partial charge in [0.1, 0.15) is 18.2 Å². The van der Waals surface area contributed by atoms with Crippen LogP contribution >= 0.6 is 24.0 Å². The molecular weight excluding hydrogens is 474 g/mol. The molecule has 2 rings (SSSR count). The third-order valence-corrected chi connectivity index (χ3v) is 3.65. The van der Waals surface area contributed by atoms with E-state index in [-0.39, 0.29) is 42.1 Å². The van der Waals surface area contributed by atoms with E-state index in [1.54, 1.807) is 19.2 Å². The Bertz CT molecular complexity index is 727. The molecule has 0 radical (unpaired) electrons. The van der Waals surface area contributed by atoms with Crippen molar-refractivity contribution in [1.29, 1.82) is 0 Å². The molecule has 2 aromatic carbocycles. The van der Waals surface area contributed by atoms with Gasteiger partial charge in [0, 0.05) is 20.1 Å². The van der Waals surface area contributed by atoms with Crippen LogP contribution in [0.4, 0.5) is 4.39 Å². The van der Waals surface area contributed by atoms with Crippen LogP contribution in [0.25, 0.3) is 0 Å². The van der Waals surface area contributed by atoms with Gasteiger partial charge < -0.3 is 20.7 Å². The summed E-state index contributed by atoms with van der Waals surface area (Å²) in [5.41, 5.74) is 0.776. The zero-order valence-corrected chi connectivity index (χ0v) is 18.1. The number of ether oxygens (including phenoxy) is 1. The number of carbonyl (C=O) groups excluding carboxylic acids is 1. The molecule has 0 spiro atoms. The first-order chi connectivity index (χ1) is 13.2. The molecule has 3 N–H and O–H groups in total. The first-order valence-electron chi connectivity index (χ1n) is 8.81. The SMILES string of the molecule is CN=C(NCCNC(=O)Cc1ccc(F)cc1)NCCOc1ccccc1.I. The number of benzene rings is 2. The number of amides is 1. The van der Waals surface area contributed by atoms with Crippen LogP contribution < -0.4 is 20.7 Å². The molecule has 28 heavy (non-hydrogen) atoms. The van der Waals surface area contributed by atoms with Gasteiger partial charge in [-0.1, -0.05) is 30.3 Å². The molecule has 0 unspecified atom stereocenters. The number of hydrogen-bond acceptors (Lipinski definition) is 3. The van der Waals surface area contributed by atoms with Crippen molar-refractivity contribution in [1.82, 2.24) is 16.0 Å². The van der Waals surface area contributed by atoms with E-state index in [0.717, 1.165) is 11.3 Å². The lowest BCUT2D eigenvalue weighted by Crippen LogP contribution is -2.42. The van der Waals surface area contributed by atoms with E-state index in [9.17, 15) is 9.18 Å². The first kappa shape index (κ1) is 23.7. The highest BCUT2D eigenvalue weighted by Crippen LogP contribution is 2.07. The van der Waals surface area contributed by atoms with E-state index in [0.29, 0.717) is 32.2 Å². The van der Waals surface area contributed by atoms with Crippen LogP contribution in [-0.4, -0.2) is 45.2 Å². The third-order valence-electron chi connectivity index (χ3n) is 3.65. The Labute approximate surface area is 182 Å². The van der Waals surface area contributed by atoms with E-state index < -0.39 is 0 Å². The quantitative estimate of drug-likeness (QED) is 0.214. The molecule has 6 nitrogen and oxygen atoms in total. The van der Waals surface area contributed by atoms with E-state index in [1.807, 2.05) is 30.3 Å². The molecule has 2 aromatic rings. The monoisotopic (exact) mass is 500 g/mol. The molecule has 8 heteroatoms. The number of para-hydroxylation sites is 1. The molecule has 0 aliphatic carbocycles. The summed E-state index contributed by atoms with van der Waals surface area (Å²) in [6, 6.07) is 15.5. The maximum Gasteiger partial charge on any atom is 0.224 e. The highest BCUT2D eigenvalue weighted by Gasteiger charge is 2.03. The van der Waals surface area contributed by atoms with Crippen LogP contribution in [0.5, 0.6) is 5.75 Å². The molecule has 0 fully saturated rings. The summed E-state index contributed by atoms with van der Waals surface area (Å²) in [5, 5.41) is 9.06. The van der Waals surface area contributed by atoms with Crippen molar-refractivity contribution < 1.29 is 13.9 Å². The van der Waals surface area contributed by atoms with Gasteiger partial charge in [-0.3, -0.25) is 9.79 Å². The molecule has 0 aliphatic heterocycles. The number of nitrogens with zero attached hydrogens (tertiary/aromatic N) is 1. The van der Waals surface area contributed by atoms with Crippen LogP contribution in [0.1, 0.15) is 5.56 Å². The third kappa shape index (κ3) is 9.54. The number of rotatable bonds is 9. The fourth-order valence-electron chi connectivity index (χ4n) is 2.31. The minimum Gasteiger partial charge on any atom is -0.492 e. The highest BCUT2D eigenvalue weighted by molar-refractivity contribution is 14.0. The lowest BCUT2D eigenvalue weighted by Gasteiger charge is -2.13. The van der Waals surface area contributed by atoms with Crippen LogP contribution in [0.2, 0.25) is 0 Å². The Morgan fingerprint density at radius 2 is 1.61 bits per heavy atom. The number of guanidine groups is 1. The van der Waals surface area contributed by atoms with Gasteiger partial charge in [-0.2, -0.15) is 0 Å². The van der Waals surface area contributed by atoms with Crippen LogP contribution in [-0.2, 0) is 11.2 Å². The molecule has 0 saturated heterocycles. The van der Waals surface area contributed by atoms with E-state index >= 15 is 0 Å². The molecule has 0 saturated carbocycles. The van der Waals surface area contributed by atoms with Crippen molar-refractivity contribution in [3.05, 3.63) is 66.0 Å². The average molecular weight is 500 g/mol. The molecule has 0 aromatic heterocycles. The number of carbonyl (C=O) groups is 1. The summed E-state index contributed by atoms with van der Waals surface area (Å²) in [4.78, 5) is 16.0. The summed E-state index contributed by atoms with van der Waals surface area (Å²) in [5.74, 6) is 1.05. The largest absolute Gasteiger partial charge is 0.492 e. The zero-order valence-electron chi connectivity index (χ0n) is 15.8. The predicted octanol–water partition coefficient (Wildman–Crippen LogP) is 2.35. The van der Waals surface area contributed by atoms with Crippen molar-refractivity contribution in [2.75, 3.05) is 33.3 Å². The van der Waals surface area contributed by atoms with Crippen molar-refractivity contribution in [3.8, 4) is 5.75 Å². The van der Waals surface area contributed by atoms with Gasteiger partial charge >= 0.3 is 0 Å². The van der Waals surface area contributed by atoms with E-state index in [4.69, 9.17) is 4.74 Å². The number of nitrogens with one attached hydrogen (secondary N) is 3. The Balaban J connectivity index is 0.00000392. The van der Waals surface area contributed by atoms with Gasteiger partial charge in [0.05, 0.1) is 13.0 Å². The molecule has 0 aliphatic rings. The minimum atomic E-state index is -0.309. The standard InChI is InChI=1S/C20H25FN4O2.HI/c1-22-20(25-13-14-27-18-5-3-2-4-6-18)24-12-11-23-19(26)15-16-7-9-17(21)10-8-16;/h2-10H,11-15H2,1H3,(H,23,26)(H2,22,24,25);1H.